The van der Waals surface area contributed by atoms with E-state index in [0.29, 0.717) is 6.54 Å². The first-order chi connectivity index (χ1) is 10.3. The third-order valence-electron chi connectivity index (χ3n) is 4.04. The van der Waals surface area contributed by atoms with Crippen LogP contribution in [0.4, 0.5) is 5.69 Å². The highest BCUT2D eigenvalue weighted by Gasteiger charge is 2.18. The van der Waals surface area contributed by atoms with Gasteiger partial charge in [0.1, 0.15) is 5.75 Å². The van der Waals surface area contributed by atoms with Gasteiger partial charge in [0.15, 0.2) is 0 Å². The second-order valence-electron chi connectivity index (χ2n) is 5.44. The number of nitrogens with zero attached hydrogens (tertiary/aromatic N) is 3. The van der Waals surface area contributed by atoms with Crippen molar-refractivity contribution in [2.75, 3.05) is 51.3 Å². The lowest BCUT2D eigenvalue weighted by atomic mass is 10.2. The van der Waals surface area contributed by atoms with Crippen molar-refractivity contribution in [2.45, 2.75) is 19.3 Å². The molecule has 0 bridgehead atoms. The molecule has 1 aliphatic rings. The van der Waals surface area contributed by atoms with Crippen LogP contribution in [-0.4, -0.2) is 51.3 Å². The molecule has 4 nitrogen and oxygen atoms in total. The molecule has 0 spiro atoms. The Morgan fingerprint density at radius 1 is 1.10 bits per heavy atom. The van der Waals surface area contributed by atoms with Crippen LogP contribution in [0.15, 0.2) is 24.3 Å². The summed E-state index contributed by atoms with van der Waals surface area (Å²) < 4.78 is 5.45. The zero-order valence-corrected chi connectivity index (χ0v) is 12.9. The van der Waals surface area contributed by atoms with E-state index < -0.39 is 0 Å². The SMILES string of the molecule is [C-]#[N+]CCCCCN1CCN(c2ccccc2OC)CC1. The molecule has 1 aliphatic heterocycles. The first-order valence-electron chi connectivity index (χ1n) is 7.78. The summed E-state index contributed by atoms with van der Waals surface area (Å²) in [7, 11) is 1.73. The van der Waals surface area contributed by atoms with E-state index >= 15 is 0 Å². The summed E-state index contributed by atoms with van der Waals surface area (Å²) in [5.74, 6) is 0.963. The average Bonchev–Trinajstić information content (AvgIpc) is 2.55. The van der Waals surface area contributed by atoms with Gasteiger partial charge in [-0.1, -0.05) is 12.1 Å². The van der Waals surface area contributed by atoms with Crippen molar-refractivity contribution in [3.63, 3.8) is 0 Å². The standard InChI is InChI=1S/C17H25N3O/c1-18-10-6-3-7-11-19-12-14-20(15-13-19)16-8-4-5-9-17(16)21-2/h4-5,8-9H,3,6-7,10-15H2,2H3. The summed E-state index contributed by atoms with van der Waals surface area (Å²) >= 11 is 0. The normalized spacial score (nSPS) is 15.7. The van der Waals surface area contributed by atoms with Gasteiger partial charge >= 0.3 is 0 Å². The van der Waals surface area contributed by atoms with Crippen molar-refractivity contribution in [2.24, 2.45) is 0 Å². The zero-order valence-electron chi connectivity index (χ0n) is 12.9. The second-order valence-corrected chi connectivity index (χ2v) is 5.44. The Balaban J connectivity index is 1.74. The lowest BCUT2D eigenvalue weighted by Gasteiger charge is -2.36. The minimum absolute atomic E-state index is 0.682. The van der Waals surface area contributed by atoms with Crippen LogP contribution >= 0.6 is 0 Å². The Hall–Kier alpha value is -1.73. The zero-order chi connectivity index (χ0) is 14.9. The highest BCUT2D eigenvalue weighted by atomic mass is 16.5. The maximum Gasteiger partial charge on any atom is 0.214 e. The molecular weight excluding hydrogens is 262 g/mol. The van der Waals surface area contributed by atoms with Gasteiger partial charge in [-0.05, 0) is 31.5 Å². The number of rotatable bonds is 7. The third-order valence-corrected chi connectivity index (χ3v) is 4.04. The van der Waals surface area contributed by atoms with Crippen LogP contribution in [-0.2, 0) is 0 Å². The van der Waals surface area contributed by atoms with Gasteiger partial charge in [-0.15, -0.1) is 0 Å². The fourth-order valence-corrected chi connectivity index (χ4v) is 2.81. The molecule has 2 rings (SSSR count). The summed E-state index contributed by atoms with van der Waals surface area (Å²) in [4.78, 5) is 8.34. The topological polar surface area (TPSA) is 20.1 Å². The maximum atomic E-state index is 6.77. The van der Waals surface area contributed by atoms with Gasteiger partial charge < -0.3 is 14.5 Å². The molecule has 0 N–H and O–H groups in total. The molecule has 0 unspecified atom stereocenters. The molecule has 21 heavy (non-hydrogen) atoms. The molecule has 0 amide bonds. The molecule has 0 radical (unpaired) electrons. The molecule has 1 fully saturated rings. The van der Waals surface area contributed by atoms with Crippen LogP contribution in [0.25, 0.3) is 4.85 Å². The van der Waals surface area contributed by atoms with E-state index in [1.807, 2.05) is 12.1 Å². The van der Waals surface area contributed by atoms with Crippen LogP contribution in [0, 0.1) is 6.57 Å². The molecule has 0 aliphatic carbocycles. The predicted molar refractivity (Wildman–Crippen MR) is 87.0 cm³/mol. The molecule has 0 saturated carbocycles. The number of hydrogen-bond donors (Lipinski definition) is 0. The Morgan fingerprint density at radius 2 is 1.86 bits per heavy atom. The summed E-state index contributed by atoms with van der Waals surface area (Å²) in [5, 5.41) is 0. The van der Waals surface area contributed by atoms with Gasteiger partial charge in [0, 0.05) is 32.6 Å². The third kappa shape index (κ3) is 4.64. The monoisotopic (exact) mass is 287 g/mol. The number of unbranched alkanes of at least 4 members (excludes halogenated alkanes) is 2. The van der Waals surface area contributed by atoms with Crippen LogP contribution in [0.5, 0.6) is 5.75 Å². The Morgan fingerprint density at radius 3 is 2.57 bits per heavy atom. The number of benzene rings is 1. The van der Waals surface area contributed by atoms with E-state index in [0.717, 1.165) is 44.9 Å². The predicted octanol–water partition coefficient (Wildman–Crippen LogP) is 2.91. The van der Waals surface area contributed by atoms with Gasteiger partial charge in [-0.2, -0.15) is 0 Å². The highest BCUT2D eigenvalue weighted by molar-refractivity contribution is 5.58. The lowest BCUT2D eigenvalue weighted by molar-refractivity contribution is 0.252. The molecule has 1 heterocycles. The summed E-state index contributed by atoms with van der Waals surface area (Å²) in [6.45, 7) is 13.0. The maximum absolute atomic E-state index is 6.77. The summed E-state index contributed by atoms with van der Waals surface area (Å²) in [6.07, 6.45) is 3.43. The van der Waals surface area contributed by atoms with Crippen LogP contribution in [0.3, 0.4) is 0 Å². The number of para-hydroxylation sites is 2. The van der Waals surface area contributed by atoms with E-state index in [4.69, 9.17) is 11.3 Å². The minimum Gasteiger partial charge on any atom is -0.495 e. The van der Waals surface area contributed by atoms with Gasteiger partial charge in [0.05, 0.1) is 12.8 Å². The molecule has 4 heteroatoms. The van der Waals surface area contributed by atoms with E-state index in [-0.39, 0.29) is 0 Å². The van der Waals surface area contributed by atoms with Crippen molar-refractivity contribution in [3.05, 3.63) is 35.7 Å². The second kappa shape index (κ2) is 8.53. The first-order valence-corrected chi connectivity index (χ1v) is 7.78. The number of ether oxygens (including phenoxy) is 1. The molecule has 1 saturated heterocycles. The van der Waals surface area contributed by atoms with E-state index in [2.05, 4.69) is 26.8 Å². The highest BCUT2D eigenvalue weighted by Crippen LogP contribution is 2.28. The molecule has 0 aromatic heterocycles. The van der Waals surface area contributed by atoms with Crippen molar-refractivity contribution in [3.8, 4) is 5.75 Å². The number of hydrogen-bond acceptors (Lipinski definition) is 3. The minimum atomic E-state index is 0.682. The lowest BCUT2D eigenvalue weighted by Crippen LogP contribution is -2.46. The van der Waals surface area contributed by atoms with Gasteiger partial charge in [-0.3, -0.25) is 4.90 Å². The largest absolute Gasteiger partial charge is 0.495 e. The van der Waals surface area contributed by atoms with Gasteiger partial charge in [0.25, 0.3) is 0 Å². The van der Waals surface area contributed by atoms with Crippen molar-refractivity contribution >= 4 is 5.69 Å². The van der Waals surface area contributed by atoms with Crippen molar-refractivity contribution < 1.29 is 4.74 Å². The fourth-order valence-electron chi connectivity index (χ4n) is 2.81. The molecule has 0 atom stereocenters. The first kappa shape index (κ1) is 15.7. The quantitative estimate of drug-likeness (QED) is 0.568. The fraction of sp³-hybridized carbons (Fsp3) is 0.588. The van der Waals surface area contributed by atoms with Crippen LogP contribution in [0.2, 0.25) is 0 Å². The summed E-state index contributed by atoms with van der Waals surface area (Å²) in [6, 6.07) is 8.25. The van der Waals surface area contributed by atoms with E-state index in [1.54, 1.807) is 7.11 Å². The summed E-state index contributed by atoms with van der Waals surface area (Å²) in [5.41, 5.74) is 1.21. The molecule has 1 aromatic rings. The van der Waals surface area contributed by atoms with Gasteiger partial charge in [-0.25, -0.2) is 6.57 Å². The number of piperazine rings is 1. The van der Waals surface area contributed by atoms with E-state index in [9.17, 15) is 0 Å². The number of anilines is 1. The van der Waals surface area contributed by atoms with Crippen LogP contribution in [0.1, 0.15) is 19.3 Å². The smallest absolute Gasteiger partial charge is 0.214 e. The van der Waals surface area contributed by atoms with Crippen molar-refractivity contribution in [1.29, 1.82) is 0 Å². The van der Waals surface area contributed by atoms with Crippen molar-refractivity contribution in [1.82, 2.24) is 4.90 Å². The average molecular weight is 287 g/mol. The number of methoxy groups -OCH3 is 1. The van der Waals surface area contributed by atoms with Gasteiger partial charge in [0.2, 0.25) is 6.54 Å². The van der Waals surface area contributed by atoms with Crippen LogP contribution < -0.4 is 9.64 Å². The molecular formula is C17H25N3O. The molecule has 114 valence electrons. The molecule has 1 aromatic carbocycles. The Bertz CT molecular complexity index is 461. The Labute approximate surface area is 128 Å². The van der Waals surface area contributed by atoms with E-state index in [1.165, 1.54) is 18.5 Å². The Kier molecular flexibility index (Phi) is 6.36.